The topological polar surface area (TPSA) is 29.9 Å². The van der Waals surface area contributed by atoms with E-state index in [1.165, 1.54) is 37.8 Å². The highest BCUT2D eigenvalue weighted by Crippen LogP contribution is 2.33. The number of hydrogen-bond acceptors (Lipinski definition) is 2. The maximum Gasteiger partial charge on any atom is 0.0762 e. The van der Waals surface area contributed by atoms with Gasteiger partial charge in [0.25, 0.3) is 0 Å². The van der Waals surface area contributed by atoms with Crippen LogP contribution in [0, 0.1) is 11.8 Å². The summed E-state index contributed by atoms with van der Waals surface area (Å²) in [5.41, 5.74) is 1.18. The Kier molecular flexibility index (Phi) is 5.44. The van der Waals surface area contributed by atoms with Crippen molar-refractivity contribution in [3.05, 3.63) is 18.0 Å². The lowest BCUT2D eigenvalue weighted by Crippen LogP contribution is -2.21. The monoisotopic (exact) mass is 263 g/mol. The lowest BCUT2D eigenvalue weighted by molar-refractivity contribution is 0.247. The van der Waals surface area contributed by atoms with Gasteiger partial charge in [0.2, 0.25) is 0 Å². The van der Waals surface area contributed by atoms with Crippen LogP contribution in [0.15, 0.2) is 12.3 Å². The van der Waals surface area contributed by atoms with E-state index >= 15 is 0 Å². The predicted octanol–water partition coefficient (Wildman–Crippen LogP) is 3.77. The lowest BCUT2D eigenvalue weighted by atomic mass is 9.84. The average molecular weight is 263 g/mol. The minimum absolute atomic E-state index is 0.637. The van der Waals surface area contributed by atoms with Gasteiger partial charge in [0, 0.05) is 12.7 Å². The standard InChI is InChI=1S/C16H29N3/c1-4-14-6-5-7-16(10-14)19-9-8-15(18-19)12-17-11-13(2)3/h8-9,13-14,16-17H,4-7,10-12H2,1-3H3. The molecule has 1 aliphatic rings. The number of hydrogen-bond donors (Lipinski definition) is 1. The quantitative estimate of drug-likeness (QED) is 0.846. The van der Waals surface area contributed by atoms with Crippen molar-refractivity contribution in [2.75, 3.05) is 6.54 Å². The first kappa shape index (κ1) is 14.6. The Hall–Kier alpha value is -0.830. The number of rotatable bonds is 6. The van der Waals surface area contributed by atoms with Gasteiger partial charge in [-0.25, -0.2) is 0 Å². The van der Waals surface area contributed by atoms with E-state index in [4.69, 9.17) is 5.10 Å². The molecule has 2 atom stereocenters. The van der Waals surface area contributed by atoms with Crippen molar-refractivity contribution in [3.8, 4) is 0 Å². The van der Waals surface area contributed by atoms with Gasteiger partial charge < -0.3 is 5.32 Å². The van der Waals surface area contributed by atoms with Crippen molar-refractivity contribution in [2.24, 2.45) is 11.8 Å². The highest BCUT2D eigenvalue weighted by atomic mass is 15.3. The molecule has 19 heavy (non-hydrogen) atoms. The number of nitrogens with zero attached hydrogens (tertiary/aromatic N) is 2. The fourth-order valence-electron chi connectivity index (χ4n) is 3.04. The molecule has 0 radical (unpaired) electrons. The molecule has 0 amide bonds. The number of nitrogens with one attached hydrogen (secondary N) is 1. The third kappa shape index (κ3) is 4.34. The van der Waals surface area contributed by atoms with Crippen LogP contribution in [-0.2, 0) is 6.54 Å². The van der Waals surface area contributed by atoms with Gasteiger partial charge >= 0.3 is 0 Å². The zero-order chi connectivity index (χ0) is 13.7. The third-order valence-corrected chi connectivity index (χ3v) is 4.23. The summed E-state index contributed by atoms with van der Waals surface area (Å²) in [6.45, 7) is 8.75. The average Bonchev–Trinajstić information content (AvgIpc) is 2.87. The first-order valence-electron chi connectivity index (χ1n) is 7.93. The van der Waals surface area contributed by atoms with Gasteiger partial charge in [0.15, 0.2) is 0 Å². The zero-order valence-electron chi connectivity index (χ0n) is 12.7. The van der Waals surface area contributed by atoms with Crippen LogP contribution in [0.2, 0.25) is 0 Å². The van der Waals surface area contributed by atoms with Crippen LogP contribution in [-0.4, -0.2) is 16.3 Å². The second kappa shape index (κ2) is 7.09. The van der Waals surface area contributed by atoms with E-state index in [2.05, 4.69) is 43.0 Å². The first-order chi connectivity index (χ1) is 9.19. The molecule has 2 unspecified atom stereocenters. The molecule has 1 heterocycles. The SMILES string of the molecule is CCC1CCCC(n2ccc(CNCC(C)C)n2)C1. The van der Waals surface area contributed by atoms with Crippen molar-refractivity contribution < 1.29 is 0 Å². The third-order valence-electron chi connectivity index (χ3n) is 4.23. The van der Waals surface area contributed by atoms with Gasteiger partial charge in [-0.2, -0.15) is 5.10 Å². The molecule has 0 bridgehead atoms. The molecular weight excluding hydrogens is 234 g/mol. The molecule has 1 aliphatic carbocycles. The van der Waals surface area contributed by atoms with Crippen molar-refractivity contribution in [1.29, 1.82) is 0 Å². The molecule has 1 aromatic heterocycles. The molecule has 1 aromatic rings. The molecule has 3 heteroatoms. The Bertz CT molecular complexity index is 370. The van der Waals surface area contributed by atoms with Crippen LogP contribution in [0.4, 0.5) is 0 Å². The second-order valence-electron chi connectivity index (χ2n) is 6.41. The molecule has 3 nitrogen and oxygen atoms in total. The van der Waals surface area contributed by atoms with Crippen molar-refractivity contribution in [2.45, 2.75) is 65.5 Å². The minimum atomic E-state index is 0.637. The molecule has 1 fully saturated rings. The van der Waals surface area contributed by atoms with Crippen LogP contribution in [0.1, 0.15) is 64.6 Å². The summed E-state index contributed by atoms with van der Waals surface area (Å²) in [5, 5.41) is 8.22. The summed E-state index contributed by atoms with van der Waals surface area (Å²) in [6, 6.07) is 2.81. The van der Waals surface area contributed by atoms with E-state index in [0.717, 1.165) is 19.0 Å². The summed E-state index contributed by atoms with van der Waals surface area (Å²) in [4.78, 5) is 0. The highest BCUT2D eigenvalue weighted by Gasteiger charge is 2.22. The molecule has 0 aliphatic heterocycles. The van der Waals surface area contributed by atoms with Crippen LogP contribution in [0.5, 0.6) is 0 Å². The van der Waals surface area contributed by atoms with Gasteiger partial charge in [-0.05, 0) is 37.3 Å². The minimum Gasteiger partial charge on any atom is -0.311 e. The summed E-state index contributed by atoms with van der Waals surface area (Å²) in [7, 11) is 0. The van der Waals surface area contributed by atoms with Crippen LogP contribution >= 0.6 is 0 Å². The Morgan fingerprint density at radius 2 is 2.26 bits per heavy atom. The molecule has 0 spiro atoms. The van der Waals surface area contributed by atoms with Crippen LogP contribution < -0.4 is 5.32 Å². The van der Waals surface area contributed by atoms with E-state index < -0.39 is 0 Å². The lowest BCUT2D eigenvalue weighted by Gasteiger charge is -2.28. The smallest absolute Gasteiger partial charge is 0.0762 e. The second-order valence-corrected chi connectivity index (χ2v) is 6.41. The van der Waals surface area contributed by atoms with Gasteiger partial charge in [0.1, 0.15) is 0 Å². The Labute approximate surface area is 117 Å². The van der Waals surface area contributed by atoms with E-state index in [1.807, 2.05) is 0 Å². The molecule has 0 saturated heterocycles. The molecule has 108 valence electrons. The Balaban J connectivity index is 1.85. The molecular formula is C16H29N3. The fourth-order valence-corrected chi connectivity index (χ4v) is 3.04. The van der Waals surface area contributed by atoms with Gasteiger partial charge in [-0.1, -0.05) is 40.0 Å². The fraction of sp³-hybridized carbons (Fsp3) is 0.812. The zero-order valence-corrected chi connectivity index (χ0v) is 12.7. The maximum absolute atomic E-state index is 4.75. The predicted molar refractivity (Wildman–Crippen MR) is 80.1 cm³/mol. The Morgan fingerprint density at radius 3 is 3.00 bits per heavy atom. The molecule has 1 N–H and O–H groups in total. The molecule has 2 rings (SSSR count). The van der Waals surface area contributed by atoms with E-state index in [0.29, 0.717) is 12.0 Å². The van der Waals surface area contributed by atoms with Gasteiger partial charge in [-0.3, -0.25) is 4.68 Å². The van der Waals surface area contributed by atoms with Crippen LogP contribution in [0.25, 0.3) is 0 Å². The summed E-state index contributed by atoms with van der Waals surface area (Å²) in [5.74, 6) is 1.61. The van der Waals surface area contributed by atoms with E-state index in [-0.39, 0.29) is 0 Å². The van der Waals surface area contributed by atoms with Crippen molar-refractivity contribution >= 4 is 0 Å². The van der Waals surface area contributed by atoms with Gasteiger partial charge in [0.05, 0.1) is 11.7 Å². The van der Waals surface area contributed by atoms with Crippen molar-refractivity contribution in [3.63, 3.8) is 0 Å². The largest absolute Gasteiger partial charge is 0.311 e. The number of aromatic nitrogens is 2. The van der Waals surface area contributed by atoms with E-state index in [9.17, 15) is 0 Å². The normalized spacial score (nSPS) is 24.0. The Morgan fingerprint density at radius 1 is 1.42 bits per heavy atom. The summed E-state index contributed by atoms with van der Waals surface area (Å²) < 4.78 is 2.22. The molecule has 0 aromatic carbocycles. The van der Waals surface area contributed by atoms with Gasteiger partial charge in [-0.15, -0.1) is 0 Å². The maximum atomic E-state index is 4.75. The van der Waals surface area contributed by atoms with E-state index in [1.54, 1.807) is 0 Å². The first-order valence-corrected chi connectivity index (χ1v) is 7.93. The van der Waals surface area contributed by atoms with Crippen molar-refractivity contribution in [1.82, 2.24) is 15.1 Å². The highest BCUT2D eigenvalue weighted by molar-refractivity contribution is 5.00. The van der Waals surface area contributed by atoms with Crippen LogP contribution in [0.3, 0.4) is 0 Å². The summed E-state index contributed by atoms with van der Waals surface area (Å²) >= 11 is 0. The summed E-state index contributed by atoms with van der Waals surface area (Å²) in [6.07, 6.45) is 8.89. The molecule has 1 saturated carbocycles.